The van der Waals surface area contributed by atoms with Crippen molar-refractivity contribution < 1.29 is 4.79 Å². The molecule has 0 unspecified atom stereocenters. The van der Waals surface area contributed by atoms with Gasteiger partial charge in [0.15, 0.2) is 0 Å². The molecule has 0 saturated carbocycles. The summed E-state index contributed by atoms with van der Waals surface area (Å²) in [7, 11) is 1.80. The van der Waals surface area contributed by atoms with E-state index in [0.29, 0.717) is 17.1 Å². The van der Waals surface area contributed by atoms with E-state index in [0.717, 1.165) is 26.1 Å². The van der Waals surface area contributed by atoms with Crippen molar-refractivity contribution in [2.24, 2.45) is 12.8 Å². The molecule has 0 aromatic carbocycles. The summed E-state index contributed by atoms with van der Waals surface area (Å²) in [5.41, 5.74) is 6.48. The first-order valence-corrected chi connectivity index (χ1v) is 5.85. The molecule has 96 valence electrons. The number of carbonyl (C=O) groups excluding carboxylic acids is 1. The zero-order valence-corrected chi connectivity index (χ0v) is 10.7. The predicted octanol–water partition coefficient (Wildman–Crippen LogP) is 0.239. The fourth-order valence-electron chi connectivity index (χ4n) is 1.75. The van der Waals surface area contributed by atoms with Crippen LogP contribution in [-0.4, -0.2) is 35.3 Å². The largest absolute Gasteiger partial charge is 0.370 e. The zero-order valence-electron chi connectivity index (χ0n) is 10.7. The van der Waals surface area contributed by atoms with Gasteiger partial charge in [0.25, 0.3) is 5.91 Å². The molecule has 0 saturated heterocycles. The van der Waals surface area contributed by atoms with Gasteiger partial charge in [0.2, 0.25) is 0 Å². The molecule has 6 heteroatoms. The van der Waals surface area contributed by atoms with Crippen molar-refractivity contribution in [1.29, 1.82) is 0 Å². The van der Waals surface area contributed by atoms with E-state index in [1.165, 1.54) is 0 Å². The molecule has 0 radical (unpaired) electrons. The maximum atomic E-state index is 11.3. The fourth-order valence-corrected chi connectivity index (χ4v) is 1.75. The number of aromatic nitrogens is 2. The molecule has 1 aromatic heterocycles. The first kappa shape index (κ1) is 13.5. The van der Waals surface area contributed by atoms with Crippen LogP contribution in [0.1, 0.15) is 29.4 Å². The summed E-state index contributed by atoms with van der Waals surface area (Å²) in [6, 6.07) is 0. The molecule has 17 heavy (non-hydrogen) atoms. The number of hydrogen-bond donors (Lipinski definition) is 3. The summed E-state index contributed by atoms with van der Waals surface area (Å²) in [4.78, 5) is 11.3. The Bertz CT molecular complexity index is 385. The third-order valence-corrected chi connectivity index (χ3v) is 2.54. The third-order valence-electron chi connectivity index (χ3n) is 2.54. The van der Waals surface area contributed by atoms with Gasteiger partial charge in [-0.3, -0.25) is 9.48 Å². The van der Waals surface area contributed by atoms with Crippen molar-refractivity contribution in [3.05, 3.63) is 11.3 Å². The molecule has 6 nitrogen and oxygen atoms in total. The quantitative estimate of drug-likeness (QED) is 0.595. The monoisotopic (exact) mass is 239 g/mol. The SMILES string of the molecule is CCNCCCNc1c(C(N)=O)c(C)nn1C. The minimum absolute atomic E-state index is 0.440. The van der Waals surface area contributed by atoms with E-state index >= 15 is 0 Å². The molecule has 0 atom stereocenters. The smallest absolute Gasteiger partial charge is 0.254 e. The Morgan fingerprint density at radius 3 is 2.76 bits per heavy atom. The zero-order chi connectivity index (χ0) is 12.8. The third kappa shape index (κ3) is 3.45. The van der Waals surface area contributed by atoms with Crippen LogP contribution in [0.2, 0.25) is 0 Å². The molecular weight excluding hydrogens is 218 g/mol. The number of nitrogens with zero attached hydrogens (tertiary/aromatic N) is 2. The topological polar surface area (TPSA) is 85.0 Å². The lowest BCUT2D eigenvalue weighted by Crippen LogP contribution is -2.19. The van der Waals surface area contributed by atoms with E-state index in [1.54, 1.807) is 18.7 Å². The van der Waals surface area contributed by atoms with Gasteiger partial charge in [-0.25, -0.2) is 0 Å². The average molecular weight is 239 g/mol. The number of nitrogens with two attached hydrogens (primary N) is 1. The van der Waals surface area contributed by atoms with E-state index in [-0.39, 0.29) is 0 Å². The second-order valence-corrected chi connectivity index (χ2v) is 3.93. The number of anilines is 1. The van der Waals surface area contributed by atoms with Crippen molar-refractivity contribution in [3.63, 3.8) is 0 Å². The van der Waals surface area contributed by atoms with Crippen molar-refractivity contribution in [3.8, 4) is 0 Å². The van der Waals surface area contributed by atoms with Crippen LogP contribution in [0.5, 0.6) is 0 Å². The molecule has 0 aliphatic rings. The second kappa shape index (κ2) is 6.24. The maximum absolute atomic E-state index is 11.3. The van der Waals surface area contributed by atoms with E-state index in [2.05, 4.69) is 22.7 Å². The highest BCUT2D eigenvalue weighted by Crippen LogP contribution is 2.17. The lowest BCUT2D eigenvalue weighted by molar-refractivity contribution is 0.100. The van der Waals surface area contributed by atoms with Gasteiger partial charge in [0, 0.05) is 13.6 Å². The second-order valence-electron chi connectivity index (χ2n) is 3.93. The molecule has 0 aliphatic carbocycles. The number of nitrogens with one attached hydrogen (secondary N) is 2. The Balaban J connectivity index is 2.61. The van der Waals surface area contributed by atoms with Gasteiger partial charge in [0.1, 0.15) is 11.4 Å². The average Bonchev–Trinajstić information content (AvgIpc) is 2.53. The summed E-state index contributed by atoms with van der Waals surface area (Å²) in [6.07, 6.45) is 0.982. The van der Waals surface area contributed by atoms with Crippen molar-refractivity contribution in [2.45, 2.75) is 20.3 Å². The van der Waals surface area contributed by atoms with Crippen LogP contribution in [0.3, 0.4) is 0 Å². The number of carbonyl (C=O) groups is 1. The molecule has 0 fully saturated rings. The highest BCUT2D eigenvalue weighted by Gasteiger charge is 2.17. The number of aryl methyl sites for hydroxylation is 2. The van der Waals surface area contributed by atoms with E-state index < -0.39 is 5.91 Å². The van der Waals surface area contributed by atoms with Crippen LogP contribution >= 0.6 is 0 Å². The Morgan fingerprint density at radius 2 is 2.18 bits per heavy atom. The number of rotatable bonds is 7. The van der Waals surface area contributed by atoms with Crippen molar-refractivity contribution in [1.82, 2.24) is 15.1 Å². The molecule has 1 heterocycles. The first-order valence-electron chi connectivity index (χ1n) is 5.85. The van der Waals surface area contributed by atoms with Crippen LogP contribution in [0.4, 0.5) is 5.82 Å². The molecule has 1 rings (SSSR count). The van der Waals surface area contributed by atoms with E-state index in [1.807, 2.05) is 0 Å². The minimum Gasteiger partial charge on any atom is -0.370 e. The van der Waals surface area contributed by atoms with Gasteiger partial charge >= 0.3 is 0 Å². The predicted molar refractivity (Wildman–Crippen MR) is 68.1 cm³/mol. The Labute approximate surface area is 102 Å². The molecule has 4 N–H and O–H groups in total. The maximum Gasteiger partial charge on any atom is 0.254 e. The van der Waals surface area contributed by atoms with Gasteiger partial charge in [-0.1, -0.05) is 6.92 Å². The van der Waals surface area contributed by atoms with Gasteiger partial charge < -0.3 is 16.4 Å². The van der Waals surface area contributed by atoms with Crippen molar-refractivity contribution in [2.75, 3.05) is 25.0 Å². The Morgan fingerprint density at radius 1 is 1.47 bits per heavy atom. The summed E-state index contributed by atoms with van der Waals surface area (Å²) in [5.74, 6) is 0.260. The summed E-state index contributed by atoms with van der Waals surface area (Å²) in [5, 5.41) is 10.6. The molecule has 0 spiro atoms. The van der Waals surface area contributed by atoms with Crippen LogP contribution in [0.25, 0.3) is 0 Å². The number of hydrogen-bond acceptors (Lipinski definition) is 4. The van der Waals surface area contributed by atoms with E-state index in [9.17, 15) is 4.79 Å². The first-order chi connectivity index (χ1) is 8.07. The molecule has 1 amide bonds. The van der Waals surface area contributed by atoms with Gasteiger partial charge in [-0.2, -0.15) is 5.10 Å². The highest BCUT2D eigenvalue weighted by atomic mass is 16.1. The fraction of sp³-hybridized carbons (Fsp3) is 0.636. The molecule has 0 aliphatic heterocycles. The van der Waals surface area contributed by atoms with Gasteiger partial charge in [-0.05, 0) is 26.4 Å². The Hall–Kier alpha value is -1.56. The van der Waals surface area contributed by atoms with Crippen LogP contribution in [-0.2, 0) is 7.05 Å². The summed E-state index contributed by atoms with van der Waals surface area (Å²) < 4.78 is 1.66. The lowest BCUT2D eigenvalue weighted by atomic mass is 10.2. The molecule has 1 aromatic rings. The number of amides is 1. The van der Waals surface area contributed by atoms with Crippen LogP contribution < -0.4 is 16.4 Å². The van der Waals surface area contributed by atoms with Gasteiger partial charge in [-0.15, -0.1) is 0 Å². The normalized spacial score (nSPS) is 10.5. The van der Waals surface area contributed by atoms with Crippen LogP contribution in [0.15, 0.2) is 0 Å². The molecule has 0 bridgehead atoms. The van der Waals surface area contributed by atoms with Crippen LogP contribution in [0, 0.1) is 6.92 Å². The summed E-state index contributed by atoms with van der Waals surface area (Å²) in [6.45, 7) is 6.56. The number of primary amides is 1. The Kier molecular flexibility index (Phi) is 4.96. The van der Waals surface area contributed by atoms with E-state index in [4.69, 9.17) is 5.73 Å². The lowest BCUT2D eigenvalue weighted by Gasteiger charge is -2.08. The minimum atomic E-state index is -0.440. The summed E-state index contributed by atoms with van der Waals surface area (Å²) >= 11 is 0. The standard InChI is InChI=1S/C11H21N5O/c1-4-13-6-5-7-14-11-9(10(12)17)8(2)15-16(11)3/h13-14H,4-7H2,1-3H3,(H2,12,17). The van der Waals surface area contributed by atoms with Gasteiger partial charge in [0.05, 0.1) is 5.69 Å². The van der Waals surface area contributed by atoms with Crippen molar-refractivity contribution >= 4 is 11.7 Å². The molecular formula is C11H21N5O. The highest BCUT2D eigenvalue weighted by molar-refractivity contribution is 5.98.